The minimum absolute atomic E-state index is 0.300. The highest BCUT2D eigenvalue weighted by molar-refractivity contribution is 7.21. The van der Waals surface area contributed by atoms with Crippen molar-refractivity contribution in [3.05, 3.63) is 65.9 Å². The third-order valence-corrected chi connectivity index (χ3v) is 5.58. The highest BCUT2D eigenvalue weighted by Gasteiger charge is 2.19. The van der Waals surface area contributed by atoms with Gasteiger partial charge in [0, 0.05) is 17.4 Å². The van der Waals surface area contributed by atoms with E-state index in [1.807, 2.05) is 37.3 Å². The van der Waals surface area contributed by atoms with Crippen LogP contribution in [0.1, 0.15) is 15.9 Å². The second-order valence-corrected chi connectivity index (χ2v) is 7.35. The quantitative estimate of drug-likeness (QED) is 0.509. The summed E-state index contributed by atoms with van der Waals surface area (Å²) in [6.07, 6.45) is 1.76. The molecule has 0 fully saturated rings. The van der Waals surface area contributed by atoms with Crippen molar-refractivity contribution in [1.29, 1.82) is 0 Å². The van der Waals surface area contributed by atoms with Gasteiger partial charge in [0.05, 0.1) is 14.2 Å². The Morgan fingerprint density at radius 1 is 1.03 bits per heavy atom. The van der Waals surface area contributed by atoms with Gasteiger partial charge in [-0.05, 0) is 42.8 Å². The average Bonchev–Trinajstić information content (AvgIpc) is 3.18. The molecular formula is C22H19N3O3S. The number of benzene rings is 2. The van der Waals surface area contributed by atoms with E-state index >= 15 is 0 Å². The van der Waals surface area contributed by atoms with Gasteiger partial charge in [0.15, 0.2) is 0 Å². The third-order valence-electron chi connectivity index (χ3n) is 4.55. The Morgan fingerprint density at radius 3 is 2.48 bits per heavy atom. The molecule has 0 aliphatic carbocycles. The molecule has 4 aromatic rings. The van der Waals surface area contributed by atoms with Crippen LogP contribution in [-0.2, 0) is 0 Å². The zero-order chi connectivity index (χ0) is 20.4. The van der Waals surface area contributed by atoms with Gasteiger partial charge in [0.1, 0.15) is 32.4 Å². The van der Waals surface area contributed by atoms with Crippen molar-refractivity contribution in [2.75, 3.05) is 19.5 Å². The molecule has 7 heteroatoms. The number of thiazole rings is 1. The average molecular weight is 405 g/mol. The highest BCUT2D eigenvalue weighted by Crippen LogP contribution is 2.33. The molecule has 0 spiro atoms. The molecule has 6 nitrogen and oxygen atoms in total. The fourth-order valence-electron chi connectivity index (χ4n) is 3.04. The van der Waals surface area contributed by atoms with Crippen LogP contribution in [0.3, 0.4) is 0 Å². The summed E-state index contributed by atoms with van der Waals surface area (Å²) in [6.45, 7) is 1.94. The first-order valence-corrected chi connectivity index (χ1v) is 9.77. The molecule has 0 saturated carbocycles. The Labute approximate surface area is 172 Å². The number of hydrogen-bond donors (Lipinski definition) is 1. The number of hydrogen-bond acceptors (Lipinski definition) is 6. The van der Waals surface area contributed by atoms with Gasteiger partial charge in [-0.25, -0.2) is 9.97 Å². The monoisotopic (exact) mass is 405 g/mol. The Morgan fingerprint density at radius 2 is 1.79 bits per heavy atom. The summed E-state index contributed by atoms with van der Waals surface area (Å²) in [4.78, 5) is 22.9. The van der Waals surface area contributed by atoms with E-state index in [9.17, 15) is 4.79 Å². The van der Waals surface area contributed by atoms with Crippen LogP contribution < -0.4 is 14.8 Å². The van der Waals surface area contributed by atoms with Crippen molar-refractivity contribution >= 4 is 33.3 Å². The highest BCUT2D eigenvalue weighted by atomic mass is 32.1. The first-order chi connectivity index (χ1) is 14.1. The lowest BCUT2D eigenvalue weighted by atomic mass is 10.1. The molecule has 0 atom stereocenters. The van der Waals surface area contributed by atoms with Gasteiger partial charge < -0.3 is 14.8 Å². The van der Waals surface area contributed by atoms with E-state index in [0.29, 0.717) is 22.7 Å². The summed E-state index contributed by atoms with van der Waals surface area (Å²) in [5, 5.41) is 3.83. The molecule has 0 saturated heterocycles. The van der Waals surface area contributed by atoms with Crippen LogP contribution in [0.25, 0.3) is 20.9 Å². The van der Waals surface area contributed by atoms with Crippen molar-refractivity contribution < 1.29 is 14.3 Å². The summed E-state index contributed by atoms with van der Waals surface area (Å²) in [7, 11) is 3.05. The van der Waals surface area contributed by atoms with Crippen LogP contribution in [0.2, 0.25) is 0 Å². The summed E-state index contributed by atoms with van der Waals surface area (Å²) in [5.74, 6) is 0.603. The van der Waals surface area contributed by atoms with Crippen LogP contribution in [0.5, 0.6) is 11.5 Å². The minimum atomic E-state index is -0.300. The number of pyridine rings is 1. The fraction of sp³-hybridized carbons (Fsp3) is 0.136. The fourth-order valence-corrected chi connectivity index (χ4v) is 3.95. The number of aromatic nitrogens is 2. The molecule has 146 valence electrons. The van der Waals surface area contributed by atoms with Crippen molar-refractivity contribution in [3.63, 3.8) is 0 Å². The number of carbonyl (C=O) groups is 1. The van der Waals surface area contributed by atoms with Crippen LogP contribution in [0.15, 0.2) is 54.7 Å². The van der Waals surface area contributed by atoms with Gasteiger partial charge in [0.25, 0.3) is 5.91 Å². The van der Waals surface area contributed by atoms with E-state index in [0.717, 1.165) is 26.5 Å². The predicted molar refractivity (Wildman–Crippen MR) is 115 cm³/mol. The number of nitrogens with one attached hydrogen (secondary N) is 1. The van der Waals surface area contributed by atoms with Crippen molar-refractivity contribution in [2.24, 2.45) is 0 Å². The second-order valence-electron chi connectivity index (χ2n) is 6.37. The van der Waals surface area contributed by atoms with E-state index in [2.05, 4.69) is 15.3 Å². The first kappa shape index (κ1) is 18.9. The molecule has 0 radical (unpaired) electrons. The molecule has 2 aromatic carbocycles. The first-order valence-electron chi connectivity index (χ1n) is 8.95. The number of rotatable bonds is 5. The third kappa shape index (κ3) is 3.64. The van der Waals surface area contributed by atoms with Gasteiger partial charge in [0.2, 0.25) is 0 Å². The minimum Gasteiger partial charge on any atom is -0.496 e. The second kappa shape index (κ2) is 7.89. The smallest absolute Gasteiger partial charge is 0.263 e. The number of amides is 1. The molecule has 0 unspecified atom stereocenters. The SMILES string of the molecule is COc1cccc(OC)c1C(=O)Nc1cc(-c2nc3cccnc3s2)ccc1C. The number of carbonyl (C=O) groups excluding carboxylic acids is 1. The molecule has 0 aliphatic rings. The number of anilines is 1. The van der Waals surface area contributed by atoms with E-state index in [4.69, 9.17) is 9.47 Å². The normalized spacial score (nSPS) is 10.7. The zero-order valence-corrected chi connectivity index (χ0v) is 17.0. The maximum Gasteiger partial charge on any atom is 0.263 e. The van der Waals surface area contributed by atoms with Crippen LogP contribution in [0.4, 0.5) is 5.69 Å². The molecule has 1 amide bonds. The van der Waals surface area contributed by atoms with E-state index in [-0.39, 0.29) is 5.91 Å². The Hall–Kier alpha value is -3.45. The van der Waals surface area contributed by atoms with Gasteiger partial charge in [-0.15, -0.1) is 0 Å². The molecule has 0 bridgehead atoms. The van der Waals surface area contributed by atoms with Crippen molar-refractivity contribution in [3.8, 4) is 22.1 Å². The lowest BCUT2D eigenvalue weighted by Crippen LogP contribution is -2.15. The molecule has 0 aliphatic heterocycles. The van der Waals surface area contributed by atoms with Crippen LogP contribution >= 0.6 is 11.3 Å². The summed E-state index contributed by atoms with van der Waals surface area (Å²) < 4.78 is 10.7. The van der Waals surface area contributed by atoms with Crippen molar-refractivity contribution in [1.82, 2.24) is 9.97 Å². The zero-order valence-electron chi connectivity index (χ0n) is 16.2. The van der Waals surface area contributed by atoms with E-state index in [1.54, 1.807) is 24.4 Å². The summed E-state index contributed by atoms with van der Waals surface area (Å²) in [6, 6.07) is 14.9. The summed E-state index contributed by atoms with van der Waals surface area (Å²) >= 11 is 1.52. The molecule has 2 aromatic heterocycles. The standard InChI is InChI=1S/C22H19N3O3S/c1-13-9-10-14(21-25-15-6-5-11-23-22(15)29-21)12-16(13)24-20(26)19-17(27-2)7-4-8-18(19)28-3/h4-12H,1-3H3,(H,24,26). The maximum absolute atomic E-state index is 13.0. The van der Waals surface area contributed by atoms with E-state index in [1.165, 1.54) is 25.6 Å². The lowest BCUT2D eigenvalue weighted by molar-refractivity contribution is 0.102. The van der Waals surface area contributed by atoms with Crippen LogP contribution in [-0.4, -0.2) is 30.1 Å². The molecule has 2 heterocycles. The molecule has 29 heavy (non-hydrogen) atoms. The Bertz CT molecular complexity index is 1150. The van der Waals surface area contributed by atoms with Gasteiger partial charge >= 0.3 is 0 Å². The topological polar surface area (TPSA) is 73.3 Å². The Balaban J connectivity index is 1.69. The number of fused-ring (bicyclic) bond motifs is 1. The molecule has 4 rings (SSSR count). The lowest BCUT2D eigenvalue weighted by Gasteiger charge is -2.14. The number of methoxy groups -OCH3 is 2. The maximum atomic E-state index is 13.0. The summed E-state index contributed by atoms with van der Waals surface area (Å²) in [5.41, 5.74) is 3.77. The molecule has 1 N–H and O–H groups in total. The van der Waals surface area contributed by atoms with Gasteiger partial charge in [-0.1, -0.05) is 29.5 Å². The van der Waals surface area contributed by atoms with Crippen molar-refractivity contribution in [2.45, 2.75) is 6.92 Å². The Kier molecular flexibility index (Phi) is 5.14. The van der Waals surface area contributed by atoms with Gasteiger partial charge in [-0.2, -0.15) is 0 Å². The number of ether oxygens (including phenoxy) is 2. The van der Waals surface area contributed by atoms with Gasteiger partial charge in [-0.3, -0.25) is 4.79 Å². The van der Waals surface area contributed by atoms with E-state index < -0.39 is 0 Å². The molecular weight excluding hydrogens is 386 g/mol. The largest absolute Gasteiger partial charge is 0.496 e. The number of aryl methyl sites for hydroxylation is 1. The van der Waals surface area contributed by atoms with Crippen LogP contribution in [0, 0.1) is 6.92 Å². The predicted octanol–water partition coefficient (Wildman–Crippen LogP) is 4.94. The number of nitrogens with zero attached hydrogens (tertiary/aromatic N) is 2.